The molecule has 0 radical (unpaired) electrons. The summed E-state index contributed by atoms with van der Waals surface area (Å²) in [6, 6.07) is 30.0. The van der Waals surface area contributed by atoms with Gasteiger partial charge in [-0.15, -0.1) is 0 Å². The molecule has 44 heavy (non-hydrogen) atoms. The molecule has 0 aliphatic rings. The van der Waals surface area contributed by atoms with Gasteiger partial charge in [0.1, 0.15) is 11.6 Å². The zero-order valence-electron chi connectivity index (χ0n) is 22.4. The predicted octanol–water partition coefficient (Wildman–Crippen LogP) is 9.41. The van der Waals surface area contributed by atoms with Crippen molar-refractivity contribution >= 4 is 38.0 Å². The van der Waals surface area contributed by atoms with Gasteiger partial charge in [0.25, 0.3) is 0 Å². The van der Waals surface area contributed by atoms with E-state index < -0.39 is 37.6 Å². The first-order valence-corrected chi connectivity index (χ1v) is 16.5. The van der Waals surface area contributed by atoms with Gasteiger partial charge in [-0.2, -0.15) is 25.2 Å². The number of hydrogen-bond acceptors (Lipinski definition) is 5. The van der Waals surface area contributed by atoms with E-state index in [1.165, 1.54) is 23.9 Å². The second-order valence-corrected chi connectivity index (χ2v) is 14.8. The Morgan fingerprint density at radius 1 is 0.591 bits per heavy atom. The van der Waals surface area contributed by atoms with Crippen molar-refractivity contribution in [3.8, 4) is 0 Å². The fourth-order valence-electron chi connectivity index (χ4n) is 4.24. The van der Waals surface area contributed by atoms with Gasteiger partial charge in [-0.05, 0) is 95.2 Å². The van der Waals surface area contributed by atoms with Gasteiger partial charge in [-0.3, -0.25) is 4.79 Å². The molecule has 0 fully saturated rings. The molecule has 0 N–H and O–H groups in total. The van der Waals surface area contributed by atoms with Crippen LogP contribution in [0.1, 0.15) is 15.9 Å². The van der Waals surface area contributed by atoms with Crippen LogP contribution in [0.2, 0.25) is 0 Å². The van der Waals surface area contributed by atoms with Crippen molar-refractivity contribution in [2.24, 2.45) is 0 Å². The van der Waals surface area contributed by atoms with Crippen LogP contribution in [-0.2, 0) is 13.7 Å². The van der Waals surface area contributed by atoms with Crippen molar-refractivity contribution in [2.75, 3.05) is 0 Å². The molecule has 0 aromatic heterocycles. The van der Waals surface area contributed by atoms with E-state index >= 15 is 0 Å². The zero-order valence-corrected chi connectivity index (χ0v) is 24.8. The van der Waals surface area contributed by atoms with Crippen molar-refractivity contribution < 1.29 is 38.8 Å². The Morgan fingerprint density at radius 2 is 1.07 bits per heavy atom. The van der Waals surface area contributed by atoms with Crippen molar-refractivity contribution in [1.82, 2.24) is 0 Å². The molecule has 226 valence electrons. The van der Waals surface area contributed by atoms with Gasteiger partial charge in [-0.1, -0.05) is 54.2 Å². The normalized spacial score (nSPS) is 12.6. The predicted molar refractivity (Wildman–Crippen MR) is 158 cm³/mol. The molecule has 0 spiro atoms. The summed E-state index contributed by atoms with van der Waals surface area (Å²) in [6.45, 7) is 0. The number of hydrogen-bond donors (Lipinski definition) is 0. The average Bonchev–Trinajstić information content (AvgIpc) is 3.01. The van der Waals surface area contributed by atoms with Crippen LogP contribution in [-0.4, -0.2) is 19.7 Å². The molecule has 5 aromatic carbocycles. The summed E-state index contributed by atoms with van der Waals surface area (Å²) < 4.78 is 99.0. The van der Waals surface area contributed by atoms with Gasteiger partial charge in [0.15, 0.2) is 5.78 Å². The lowest BCUT2D eigenvalue weighted by molar-refractivity contribution is -0.0496. The Morgan fingerprint density at radius 3 is 1.57 bits per heavy atom. The summed E-state index contributed by atoms with van der Waals surface area (Å²) in [5.41, 5.74) is -4.79. The average molecular weight is 661 g/mol. The molecule has 4 nitrogen and oxygen atoms in total. The maximum absolute atomic E-state index is 13.9. The summed E-state index contributed by atoms with van der Waals surface area (Å²) in [6.07, 6.45) is 0. The van der Waals surface area contributed by atoms with Crippen LogP contribution in [0, 0.1) is 11.6 Å². The number of carbonyl (C=O) groups excluding carboxylic acids is 1. The van der Waals surface area contributed by atoms with Crippen molar-refractivity contribution in [3.05, 3.63) is 150 Å². The molecule has 0 saturated heterocycles. The lowest BCUT2D eigenvalue weighted by atomic mass is 10.0. The molecule has 0 amide bonds. The van der Waals surface area contributed by atoms with E-state index in [0.717, 1.165) is 48.5 Å². The Hall–Kier alpha value is -3.97. The number of halogens is 5. The van der Waals surface area contributed by atoms with Gasteiger partial charge in [0.05, 0.1) is 0 Å². The molecule has 0 atom stereocenters. The molecular formula is C32H21F5O4S3. The van der Waals surface area contributed by atoms with Crippen LogP contribution in [0.3, 0.4) is 0 Å². The topological polar surface area (TPSA) is 60.4 Å². The Kier molecular flexibility index (Phi) is 8.98. The molecule has 0 unspecified atom stereocenters. The molecule has 0 aliphatic heterocycles. The van der Waals surface area contributed by atoms with Crippen LogP contribution in [0.5, 0.6) is 0 Å². The molecule has 5 aromatic rings. The van der Waals surface area contributed by atoms with E-state index in [9.17, 15) is 35.2 Å². The first-order chi connectivity index (χ1) is 20.9. The number of benzene rings is 5. The highest BCUT2D eigenvalue weighted by atomic mass is 32.3. The third-order valence-electron chi connectivity index (χ3n) is 6.29. The largest absolute Gasteiger partial charge is 0.524 e. The van der Waals surface area contributed by atoms with Crippen molar-refractivity contribution in [3.63, 3.8) is 0 Å². The molecule has 0 bridgehead atoms. The van der Waals surface area contributed by atoms with E-state index in [2.05, 4.69) is 0 Å². The summed E-state index contributed by atoms with van der Waals surface area (Å²) in [5, 5.41) is 0. The minimum absolute atomic E-state index is 0.0286. The summed E-state index contributed by atoms with van der Waals surface area (Å²) in [7, 11) is -9.94. The quantitative estimate of drug-likeness (QED) is 0.0896. The van der Waals surface area contributed by atoms with Crippen LogP contribution >= 0.6 is 22.1 Å². The molecule has 12 heteroatoms. The van der Waals surface area contributed by atoms with Gasteiger partial charge >= 0.3 is 15.6 Å². The third-order valence-corrected chi connectivity index (χ3v) is 12.2. The Bertz CT molecular complexity index is 1830. The van der Waals surface area contributed by atoms with E-state index in [1.54, 1.807) is 66.7 Å². The third kappa shape index (κ3) is 6.58. The smallest absolute Gasteiger partial charge is 0.289 e. The fourth-order valence-corrected chi connectivity index (χ4v) is 9.82. The van der Waals surface area contributed by atoms with Crippen molar-refractivity contribution in [2.45, 2.75) is 30.0 Å². The lowest BCUT2D eigenvalue weighted by Crippen LogP contribution is -2.27. The minimum Gasteiger partial charge on any atom is -0.289 e. The maximum Gasteiger partial charge on any atom is 0.524 e. The number of ketones is 1. The van der Waals surface area contributed by atoms with E-state index in [4.69, 9.17) is 3.63 Å². The van der Waals surface area contributed by atoms with E-state index in [-0.39, 0.29) is 20.5 Å². The number of rotatable bonds is 9. The lowest BCUT2D eigenvalue weighted by Gasteiger charge is -2.39. The summed E-state index contributed by atoms with van der Waals surface area (Å²) in [5.74, 6) is -1.59. The summed E-state index contributed by atoms with van der Waals surface area (Å²) >= 11 is 1.27. The van der Waals surface area contributed by atoms with Crippen LogP contribution in [0.25, 0.3) is 0 Å². The highest BCUT2D eigenvalue weighted by molar-refractivity contribution is 8.33. The second kappa shape index (κ2) is 12.6. The zero-order chi connectivity index (χ0) is 31.5. The molecule has 0 aliphatic carbocycles. The SMILES string of the molecule is O=C(c1ccccc1)c1cccc(Sc2ccc(S(OS(=O)(=O)C(F)(F)F)(c3ccc(F)cc3)c3ccc(F)cc3)cc2)c1. The van der Waals surface area contributed by atoms with E-state index in [1.807, 2.05) is 0 Å². The van der Waals surface area contributed by atoms with Crippen LogP contribution in [0.15, 0.2) is 152 Å². The maximum atomic E-state index is 13.9. The highest BCUT2D eigenvalue weighted by Crippen LogP contribution is 2.70. The van der Waals surface area contributed by atoms with Gasteiger partial charge in [0, 0.05) is 35.6 Å². The molecule has 5 rings (SSSR count). The fraction of sp³-hybridized carbons (Fsp3) is 0.0312. The summed E-state index contributed by atoms with van der Waals surface area (Å²) in [4.78, 5) is 14.1. The van der Waals surface area contributed by atoms with Crippen LogP contribution in [0.4, 0.5) is 22.0 Å². The molecule has 0 saturated carbocycles. The number of alkyl halides is 3. The highest BCUT2D eigenvalue weighted by Gasteiger charge is 2.52. The first-order valence-electron chi connectivity index (χ1n) is 12.7. The monoisotopic (exact) mass is 660 g/mol. The van der Waals surface area contributed by atoms with Gasteiger partial charge in [-0.25, -0.2) is 8.78 Å². The Labute approximate surface area is 256 Å². The molecule has 0 heterocycles. The first kappa shape index (κ1) is 31.5. The standard InChI is InChI=1S/C32H21F5O4S3/c33-24-9-15-28(16-10-24)43(29-17-11-25(34)12-18-29,41-44(39,40)32(35,36)37)30-19-13-26(14-20-30)42-27-8-4-7-23(21-27)31(38)22-5-2-1-3-6-22/h1-21H. The second-order valence-electron chi connectivity index (χ2n) is 9.23. The number of carbonyl (C=O) groups is 1. The van der Waals surface area contributed by atoms with Gasteiger partial charge < -0.3 is 0 Å². The van der Waals surface area contributed by atoms with Crippen LogP contribution < -0.4 is 0 Å². The Balaban J connectivity index is 1.58. The molecular weight excluding hydrogens is 640 g/mol. The van der Waals surface area contributed by atoms with Gasteiger partial charge in [0.2, 0.25) is 0 Å². The van der Waals surface area contributed by atoms with Crippen molar-refractivity contribution in [1.29, 1.82) is 0 Å². The minimum atomic E-state index is -6.20. The van der Waals surface area contributed by atoms with E-state index in [0.29, 0.717) is 20.9 Å².